The summed E-state index contributed by atoms with van der Waals surface area (Å²) in [7, 11) is 3.42. The van der Waals surface area contributed by atoms with Crippen LogP contribution in [0, 0.1) is 0 Å². The van der Waals surface area contributed by atoms with Gasteiger partial charge in [-0.2, -0.15) is 0 Å². The van der Waals surface area contributed by atoms with Crippen molar-refractivity contribution >= 4 is 39.1 Å². The number of carbonyl (C=O) groups is 2. The van der Waals surface area contributed by atoms with E-state index in [1.165, 1.54) is 16.2 Å². The lowest BCUT2D eigenvalue weighted by molar-refractivity contribution is -0.134. The Labute approximate surface area is 151 Å². The van der Waals surface area contributed by atoms with Crippen LogP contribution in [0.4, 0.5) is 5.69 Å². The minimum Gasteiger partial charge on any atom is -0.397 e. The SMILES string of the molecule is CCC(=O)N1CCCCC1c1ccc2c(N)c(C(=O)N(C)C)sc2n1. The van der Waals surface area contributed by atoms with Crippen molar-refractivity contribution in [2.24, 2.45) is 0 Å². The third-order valence-corrected chi connectivity index (χ3v) is 5.79. The quantitative estimate of drug-likeness (QED) is 0.912. The van der Waals surface area contributed by atoms with E-state index in [-0.39, 0.29) is 17.9 Å². The van der Waals surface area contributed by atoms with Crippen LogP contribution in [0.5, 0.6) is 0 Å². The number of anilines is 1. The molecule has 2 aromatic rings. The Morgan fingerprint density at radius 1 is 1.36 bits per heavy atom. The standard InChI is InChI=1S/C18H24N4O2S/c1-4-14(23)22-10-6-5-7-13(22)12-9-8-11-15(19)16(18(24)21(2)3)25-17(11)20-12/h8-9,13H,4-7,10,19H2,1-3H3. The number of carbonyl (C=O) groups excluding carboxylic acids is 2. The normalized spacial score (nSPS) is 17.7. The maximum absolute atomic E-state index is 12.3. The molecule has 1 fully saturated rings. The van der Waals surface area contributed by atoms with Crippen LogP contribution in [0.25, 0.3) is 10.2 Å². The molecule has 0 aromatic carbocycles. The molecule has 1 saturated heterocycles. The lowest BCUT2D eigenvalue weighted by Crippen LogP contribution is -2.38. The third-order valence-electron chi connectivity index (χ3n) is 4.68. The number of hydrogen-bond donors (Lipinski definition) is 1. The predicted octanol–water partition coefficient (Wildman–Crippen LogP) is 3.04. The molecular formula is C18H24N4O2S. The van der Waals surface area contributed by atoms with E-state index in [2.05, 4.69) is 0 Å². The Bertz CT molecular complexity index is 815. The predicted molar refractivity (Wildman–Crippen MR) is 101 cm³/mol. The largest absolute Gasteiger partial charge is 0.397 e. The zero-order chi connectivity index (χ0) is 18.1. The highest BCUT2D eigenvalue weighted by Crippen LogP contribution is 2.36. The van der Waals surface area contributed by atoms with Crippen molar-refractivity contribution in [3.63, 3.8) is 0 Å². The summed E-state index contributed by atoms with van der Waals surface area (Å²) >= 11 is 1.32. The second-order valence-corrected chi connectivity index (χ2v) is 7.58. The summed E-state index contributed by atoms with van der Waals surface area (Å²) in [5, 5.41) is 0.808. The molecule has 2 amide bonds. The van der Waals surface area contributed by atoms with Crippen LogP contribution < -0.4 is 5.73 Å². The fourth-order valence-electron chi connectivity index (χ4n) is 3.30. The van der Waals surface area contributed by atoms with E-state index in [1.54, 1.807) is 14.1 Å². The summed E-state index contributed by atoms with van der Waals surface area (Å²) in [6, 6.07) is 3.89. The smallest absolute Gasteiger partial charge is 0.265 e. The zero-order valence-corrected chi connectivity index (χ0v) is 15.7. The Morgan fingerprint density at radius 2 is 2.12 bits per heavy atom. The second kappa shape index (κ2) is 7.00. The molecule has 0 radical (unpaired) electrons. The number of nitrogens with two attached hydrogens (primary N) is 1. The van der Waals surface area contributed by atoms with Crippen LogP contribution >= 0.6 is 11.3 Å². The first-order chi connectivity index (χ1) is 11.9. The number of rotatable bonds is 3. The van der Waals surface area contributed by atoms with Gasteiger partial charge in [-0.1, -0.05) is 6.92 Å². The van der Waals surface area contributed by atoms with Crippen LogP contribution in [0.1, 0.15) is 54.0 Å². The van der Waals surface area contributed by atoms with Gasteiger partial charge in [0.1, 0.15) is 9.71 Å². The summed E-state index contributed by atoms with van der Waals surface area (Å²) in [5.74, 6) is 0.0586. The van der Waals surface area contributed by atoms with Gasteiger partial charge in [0, 0.05) is 32.4 Å². The number of nitrogen functional groups attached to an aromatic ring is 1. The van der Waals surface area contributed by atoms with Gasteiger partial charge in [0.15, 0.2) is 0 Å². The van der Waals surface area contributed by atoms with E-state index >= 15 is 0 Å². The summed E-state index contributed by atoms with van der Waals surface area (Å²) in [6.07, 6.45) is 3.56. The molecule has 1 unspecified atom stereocenters. The van der Waals surface area contributed by atoms with Crippen LogP contribution in [0.2, 0.25) is 0 Å². The highest BCUT2D eigenvalue weighted by atomic mass is 32.1. The van der Waals surface area contributed by atoms with Crippen molar-refractivity contribution in [2.45, 2.75) is 38.6 Å². The van der Waals surface area contributed by atoms with Crippen molar-refractivity contribution in [1.82, 2.24) is 14.8 Å². The summed E-state index contributed by atoms with van der Waals surface area (Å²) in [6.45, 7) is 2.68. The topological polar surface area (TPSA) is 79.5 Å². The van der Waals surface area contributed by atoms with Gasteiger partial charge in [-0.25, -0.2) is 4.98 Å². The molecule has 7 heteroatoms. The van der Waals surface area contributed by atoms with E-state index in [0.29, 0.717) is 17.0 Å². The molecule has 1 aliphatic heterocycles. The molecule has 134 valence electrons. The monoisotopic (exact) mass is 360 g/mol. The van der Waals surface area contributed by atoms with Gasteiger partial charge in [-0.05, 0) is 31.4 Å². The van der Waals surface area contributed by atoms with Crippen LogP contribution in [0.15, 0.2) is 12.1 Å². The summed E-state index contributed by atoms with van der Waals surface area (Å²) in [5.41, 5.74) is 7.54. The van der Waals surface area contributed by atoms with Crippen molar-refractivity contribution in [1.29, 1.82) is 0 Å². The van der Waals surface area contributed by atoms with Crippen molar-refractivity contribution in [3.05, 3.63) is 22.7 Å². The number of hydrogen-bond acceptors (Lipinski definition) is 5. The lowest BCUT2D eigenvalue weighted by Gasteiger charge is -2.35. The summed E-state index contributed by atoms with van der Waals surface area (Å²) in [4.78, 5) is 34.1. The molecule has 3 heterocycles. The maximum atomic E-state index is 12.3. The van der Waals surface area contributed by atoms with Gasteiger partial charge in [-0.3, -0.25) is 9.59 Å². The van der Waals surface area contributed by atoms with E-state index in [0.717, 1.165) is 41.7 Å². The van der Waals surface area contributed by atoms with E-state index in [4.69, 9.17) is 10.7 Å². The van der Waals surface area contributed by atoms with Gasteiger partial charge < -0.3 is 15.5 Å². The number of nitrogens with zero attached hydrogens (tertiary/aromatic N) is 3. The van der Waals surface area contributed by atoms with Gasteiger partial charge >= 0.3 is 0 Å². The van der Waals surface area contributed by atoms with E-state index in [1.807, 2.05) is 24.0 Å². The molecule has 0 aliphatic carbocycles. The maximum Gasteiger partial charge on any atom is 0.265 e. The molecule has 6 nitrogen and oxygen atoms in total. The van der Waals surface area contributed by atoms with Crippen molar-refractivity contribution < 1.29 is 9.59 Å². The Morgan fingerprint density at radius 3 is 2.80 bits per heavy atom. The third kappa shape index (κ3) is 3.20. The molecule has 2 aromatic heterocycles. The number of fused-ring (bicyclic) bond motifs is 1. The molecule has 0 bridgehead atoms. The highest BCUT2D eigenvalue weighted by molar-refractivity contribution is 7.21. The number of thiophene rings is 1. The van der Waals surface area contributed by atoms with Gasteiger partial charge in [-0.15, -0.1) is 11.3 Å². The van der Waals surface area contributed by atoms with Gasteiger partial charge in [0.2, 0.25) is 5.91 Å². The van der Waals surface area contributed by atoms with E-state index < -0.39 is 0 Å². The highest BCUT2D eigenvalue weighted by Gasteiger charge is 2.28. The number of amides is 2. The Kier molecular flexibility index (Phi) is 4.94. The molecule has 1 atom stereocenters. The Hall–Kier alpha value is -2.15. The first-order valence-electron chi connectivity index (χ1n) is 8.64. The first kappa shape index (κ1) is 17.7. The number of piperidine rings is 1. The van der Waals surface area contributed by atoms with Crippen LogP contribution in [0.3, 0.4) is 0 Å². The van der Waals surface area contributed by atoms with E-state index in [9.17, 15) is 9.59 Å². The fourth-order valence-corrected chi connectivity index (χ4v) is 4.42. The average molecular weight is 360 g/mol. The number of pyridine rings is 1. The number of likely N-dealkylation sites (tertiary alicyclic amines) is 1. The second-order valence-electron chi connectivity index (χ2n) is 6.59. The zero-order valence-electron chi connectivity index (χ0n) is 14.9. The number of aromatic nitrogens is 1. The molecule has 1 aliphatic rings. The molecular weight excluding hydrogens is 336 g/mol. The molecule has 0 spiro atoms. The minimum atomic E-state index is -0.109. The molecule has 25 heavy (non-hydrogen) atoms. The Balaban J connectivity index is 2.00. The van der Waals surface area contributed by atoms with Crippen molar-refractivity contribution in [2.75, 3.05) is 26.4 Å². The first-order valence-corrected chi connectivity index (χ1v) is 9.45. The van der Waals surface area contributed by atoms with Gasteiger partial charge in [0.05, 0.1) is 17.4 Å². The molecule has 2 N–H and O–H groups in total. The minimum absolute atomic E-state index is 0.0157. The van der Waals surface area contributed by atoms with Crippen molar-refractivity contribution in [3.8, 4) is 0 Å². The molecule has 0 saturated carbocycles. The summed E-state index contributed by atoms with van der Waals surface area (Å²) < 4.78 is 0. The van der Waals surface area contributed by atoms with Gasteiger partial charge in [0.25, 0.3) is 5.91 Å². The fraction of sp³-hybridized carbons (Fsp3) is 0.500. The van der Waals surface area contributed by atoms with Crippen LogP contribution in [-0.4, -0.2) is 47.2 Å². The lowest BCUT2D eigenvalue weighted by atomic mass is 9.98. The molecule has 3 rings (SSSR count). The van der Waals surface area contributed by atoms with Crippen LogP contribution in [-0.2, 0) is 4.79 Å². The average Bonchev–Trinajstić information content (AvgIpc) is 2.96.